The second-order valence-corrected chi connectivity index (χ2v) is 9.38. The number of nitrogens with one attached hydrogen (secondary N) is 1. The van der Waals surface area contributed by atoms with E-state index in [-0.39, 0.29) is 17.1 Å². The molecule has 3 rings (SSSR count). The lowest BCUT2D eigenvalue weighted by molar-refractivity contribution is 0.0993. The topological polar surface area (TPSA) is 63.2 Å². The van der Waals surface area contributed by atoms with Gasteiger partial charge in [-0.05, 0) is 54.1 Å². The van der Waals surface area contributed by atoms with Crippen molar-refractivity contribution in [1.82, 2.24) is 0 Å². The van der Waals surface area contributed by atoms with Gasteiger partial charge in [0.2, 0.25) is 0 Å². The van der Waals surface area contributed by atoms with E-state index in [4.69, 9.17) is 0 Å². The highest BCUT2D eigenvalue weighted by Gasteiger charge is 2.17. The second kappa shape index (κ2) is 8.37. The molecule has 3 aromatic rings. The molecule has 0 spiro atoms. The Kier molecular flexibility index (Phi) is 6.14. The van der Waals surface area contributed by atoms with Crippen LogP contribution in [0.4, 0.5) is 5.69 Å². The van der Waals surface area contributed by atoms with Crippen molar-refractivity contribution in [3.8, 4) is 0 Å². The lowest BCUT2D eigenvalue weighted by atomic mass is 10.0. The van der Waals surface area contributed by atoms with E-state index < -0.39 is 10.0 Å². The zero-order valence-electron chi connectivity index (χ0n) is 14.0. The zero-order chi connectivity index (χ0) is 19.4. The summed E-state index contributed by atoms with van der Waals surface area (Å²) in [5.41, 5.74) is 1.67. The average molecular weight is 509 g/mol. The van der Waals surface area contributed by atoms with Crippen LogP contribution in [0.1, 0.15) is 15.9 Å². The van der Waals surface area contributed by atoms with Crippen LogP contribution in [0.2, 0.25) is 0 Å². The van der Waals surface area contributed by atoms with Gasteiger partial charge >= 0.3 is 0 Å². The van der Waals surface area contributed by atoms with Crippen molar-refractivity contribution in [2.75, 3.05) is 4.72 Å². The molecular weight excluding hydrogens is 494 g/mol. The predicted octanol–water partition coefficient (Wildman–Crippen LogP) is 5.44. The Labute approximate surface area is 174 Å². The molecule has 0 aliphatic rings. The molecule has 0 fully saturated rings. The molecule has 0 amide bonds. The van der Waals surface area contributed by atoms with E-state index in [0.717, 1.165) is 14.5 Å². The Bertz CT molecular complexity index is 1060. The van der Waals surface area contributed by atoms with E-state index in [0.29, 0.717) is 11.3 Å². The lowest BCUT2D eigenvalue weighted by Crippen LogP contribution is -2.14. The summed E-state index contributed by atoms with van der Waals surface area (Å²) in [5.74, 6) is -0.141. The Balaban J connectivity index is 1.80. The number of carbonyl (C=O) groups is 1. The van der Waals surface area contributed by atoms with Gasteiger partial charge in [-0.2, -0.15) is 0 Å². The molecule has 0 unspecified atom stereocenters. The first-order valence-electron chi connectivity index (χ1n) is 7.99. The fourth-order valence-electron chi connectivity index (χ4n) is 2.46. The largest absolute Gasteiger partial charge is 0.294 e. The number of rotatable bonds is 6. The van der Waals surface area contributed by atoms with Crippen molar-refractivity contribution in [2.45, 2.75) is 11.3 Å². The van der Waals surface area contributed by atoms with Gasteiger partial charge < -0.3 is 0 Å². The molecule has 0 radical (unpaired) electrons. The third-order valence-corrected chi connectivity index (χ3v) is 6.28. The standard InChI is InChI=1S/C20H15Br2NO3S/c21-16-6-4-14(5-7-16)12-20(24)15-2-1-3-19(13-15)27(25,26)23-18-10-8-17(22)9-11-18/h1-11,13,23H,12H2. The van der Waals surface area contributed by atoms with E-state index in [9.17, 15) is 13.2 Å². The minimum absolute atomic E-state index is 0.0482. The third kappa shape index (κ3) is 5.28. The maximum atomic E-state index is 12.6. The van der Waals surface area contributed by atoms with E-state index >= 15 is 0 Å². The first-order valence-corrected chi connectivity index (χ1v) is 11.1. The fourth-order valence-corrected chi connectivity index (χ4v) is 4.09. The number of anilines is 1. The van der Waals surface area contributed by atoms with Gasteiger partial charge in [-0.25, -0.2) is 8.42 Å². The number of sulfonamides is 1. The third-order valence-electron chi connectivity index (χ3n) is 3.84. The van der Waals surface area contributed by atoms with Gasteiger partial charge in [-0.15, -0.1) is 0 Å². The highest BCUT2D eigenvalue weighted by molar-refractivity contribution is 9.10. The van der Waals surface area contributed by atoms with Crippen LogP contribution in [0.3, 0.4) is 0 Å². The maximum absolute atomic E-state index is 12.6. The summed E-state index contributed by atoms with van der Waals surface area (Å²) in [5, 5.41) is 0. The summed E-state index contributed by atoms with van der Waals surface area (Å²) >= 11 is 6.67. The molecule has 138 valence electrons. The molecule has 0 saturated carbocycles. The molecule has 7 heteroatoms. The molecule has 0 heterocycles. The van der Waals surface area contributed by atoms with Crippen molar-refractivity contribution in [3.63, 3.8) is 0 Å². The monoisotopic (exact) mass is 507 g/mol. The first kappa shape index (κ1) is 19.8. The van der Waals surface area contributed by atoms with E-state index in [1.54, 1.807) is 36.4 Å². The molecule has 0 aromatic heterocycles. The van der Waals surface area contributed by atoms with Gasteiger partial charge in [0.05, 0.1) is 4.90 Å². The number of Topliss-reactive ketones (excluding diaryl/α,β-unsaturated/α-hetero) is 1. The van der Waals surface area contributed by atoms with Crippen LogP contribution < -0.4 is 4.72 Å². The molecule has 0 saturated heterocycles. The van der Waals surface area contributed by atoms with Crippen LogP contribution in [-0.2, 0) is 16.4 Å². The van der Waals surface area contributed by atoms with Gasteiger partial charge in [0.25, 0.3) is 10.0 Å². The molecule has 1 N–H and O–H groups in total. The number of halogens is 2. The van der Waals surface area contributed by atoms with Crippen molar-refractivity contribution < 1.29 is 13.2 Å². The molecule has 3 aromatic carbocycles. The van der Waals surface area contributed by atoms with Gasteiger partial charge in [-0.1, -0.05) is 56.1 Å². The number of ketones is 1. The van der Waals surface area contributed by atoms with Gasteiger partial charge in [0, 0.05) is 26.6 Å². The summed E-state index contributed by atoms with van der Waals surface area (Å²) in [6.07, 6.45) is 0.205. The Hall–Kier alpha value is -1.96. The molecule has 27 heavy (non-hydrogen) atoms. The van der Waals surface area contributed by atoms with Crippen LogP contribution >= 0.6 is 31.9 Å². The summed E-state index contributed by atoms with van der Waals surface area (Å²) in [7, 11) is -3.78. The second-order valence-electron chi connectivity index (χ2n) is 5.87. The fraction of sp³-hybridized carbons (Fsp3) is 0.0500. The normalized spacial score (nSPS) is 11.2. The van der Waals surface area contributed by atoms with Crippen LogP contribution in [0, 0.1) is 0 Å². The molecular formula is C20H15Br2NO3S. The van der Waals surface area contributed by atoms with E-state index in [1.807, 2.05) is 24.3 Å². The minimum atomic E-state index is -3.78. The molecule has 0 aliphatic carbocycles. The molecule has 0 aliphatic heterocycles. The van der Waals surface area contributed by atoms with Gasteiger partial charge in [0.1, 0.15) is 0 Å². The maximum Gasteiger partial charge on any atom is 0.261 e. The molecule has 0 atom stereocenters. The Morgan fingerprint density at radius 1 is 0.852 bits per heavy atom. The van der Waals surface area contributed by atoms with Gasteiger partial charge in [0.15, 0.2) is 5.78 Å². The number of benzene rings is 3. The van der Waals surface area contributed by atoms with Crippen molar-refractivity contribution >= 4 is 53.4 Å². The zero-order valence-corrected chi connectivity index (χ0v) is 18.0. The number of hydrogen-bond donors (Lipinski definition) is 1. The van der Waals surface area contributed by atoms with E-state index in [2.05, 4.69) is 36.6 Å². The van der Waals surface area contributed by atoms with Crippen LogP contribution in [0.5, 0.6) is 0 Å². The Morgan fingerprint density at radius 3 is 2.07 bits per heavy atom. The smallest absolute Gasteiger partial charge is 0.261 e. The quantitative estimate of drug-likeness (QED) is 0.451. The number of hydrogen-bond acceptors (Lipinski definition) is 3. The molecule has 0 bridgehead atoms. The first-order chi connectivity index (χ1) is 12.8. The highest BCUT2D eigenvalue weighted by atomic mass is 79.9. The highest BCUT2D eigenvalue weighted by Crippen LogP contribution is 2.20. The molecule has 4 nitrogen and oxygen atoms in total. The summed E-state index contributed by atoms with van der Waals surface area (Å²) in [6.45, 7) is 0. The van der Waals surface area contributed by atoms with Crippen molar-refractivity contribution in [2.24, 2.45) is 0 Å². The lowest BCUT2D eigenvalue weighted by Gasteiger charge is -2.09. The summed E-state index contributed by atoms with van der Waals surface area (Å²) in [6, 6.07) is 20.3. The van der Waals surface area contributed by atoms with E-state index in [1.165, 1.54) is 12.1 Å². The SMILES string of the molecule is O=C(Cc1ccc(Br)cc1)c1cccc(S(=O)(=O)Nc2ccc(Br)cc2)c1. The van der Waals surface area contributed by atoms with Crippen LogP contribution in [0.15, 0.2) is 86.6 Å². The van der Waals surface area contributed by atoms with Crippen LogP contribution in [-0.4, -0.2) is 14.2 Å². The summed E-state index contributed by atoms with van der Waals surface area (Å²) in [4.78, 5) is 12.6. The average Bonchev–Trinajstić information content (AvgIpc) is 2.65. The van der Waals surface area contributed by atoms with Crippen molar-refractivity contribution in [3.05, 3.63) is 92.9 Å². The minimum Gasteiger partial charge on any atom is -0.294 e. The summed E-state index contributed by atoms with van der Waals surface area (Å²) < 4.78 is 29.5. The van der Waals surface area contributed by atoms with Gasteiger partial charge in [-0.3, -0.25) is 9.52 Å². The predicted molar refractivity (Wildman–Crippen MR) is 114 cm³/mol. The Morgan fingerprint density at radius 2 is 1.44 bits per heavy atom. The van der Waals surface area contributed by atoms with Crippen LogP contribution in [0.25, 0.3) is 0 Å². The van der Waals surface area contributed by atoms with Crippen molar-refractivity contribution in [1.29, 1.82) is 0 Å². The number of carbonyl (C=O) groups excluding carboxylic acids is 1.